The van der Waals surface area contributed by atoms with E-state index in [0.29, 0.717) is 13.0 Å². The van der Waals surface area contributed by atoms with Crippen molar-refractivity contribution in [3.63, 3.8) is 0 Å². The minimum atomic E-state index is -3.69. The van der Waals surface area contributed by atoms with E-state index >= 15 is 0 Å². The molecule has 0 bridgehead atoms. The van der Waals surface area contributed by atoms with Crippen molar-refractivity contribution < 1.29 is 17.6 Å². The number of amides is 1. The van der Waals surface area contributed by atoms with Crippen LogP contribution >= 0.6 is 0 Å². The normalized spacial score (nSPS) is 11.2. The van der Waals surface area contributed by atoms with Crippen LogP contribution < -0.4 is 14.9 Å². The molecule has 0 heterocycles. The second kappa shape index (κ2) is 9.48. The van der Waals surface area contributed by atoms with E-state index in [2.05, 4.69) is 10.0 Å². The molecule has 2 rings (SSSR count). The van der Waals surface area contributed by atoms with Gasteiger partial charge in [0.15, 0.2) is 0 Å². The monoisotopic (exact) mass is 393 g/mol. The zero-order chi connectivity index (χ0) is 19.9. The van der Waals surface area contributed by atoms with E-state index in [4.69, 9.17) is 0 Å². The molecule has 0 aromatic heterocycles. The van der Waals surface area contributed by atoms with Gasteiger partial charge < -0.3 is 10.2 Å². The lowest BCUT2D eigenvalue weighted by Gasteiger charge is -2.13. The number of halogens is 1. The van der Waals surface area contributed by atoms with Crippen LogP contribution in [0.3, 0.4) is 0 Å². The van der Waals surface area contributed by atoms with E-state index in [-0.39, 0.29) is 23.8 Å². The van der Waals surface area contributed by atoms with Crippen LogP contribution in [0.25, 0.3) is 0 Å². The highest BCUT2D eigenvalue weighted by atomic mass is 32.2. The molecule has 0 saturated heterocycles. The molecule has 0 aliphatic carbocycles. The number of rotatable bonds is 9. The molecule has 2 aromatic rings. The standard InChI is InChI=1S/C19H24FN3O3S/c1-23(2)17-9-5-15(6-10-17)14-21-19(24)4-3-13-22-27(25,26)18-11-7-16(20)8-12-18/h5-12,22H,3-4,13-14H2,1-2H3,(H,21,24). The number of hydrogen-bond acceptors (Lipinski definition) is 4. The Morgan fingerprint density at radius 1 is 1.04 bits per heavy atom. The summed E-state index contributed by atoms with van der Waals surface area (Å²) in [5.41, 5.74) is 2.07. The molecule has 0 unspecified atom stereocenters. The summed E-state index contributed by atoms with van der Waals surface area (Å²) in [6, 6.07) is 12.4. The van der Waals surface area contributed by atoms with E-state index in [9.17, 15) is 17.6 Å². The second-order valence-electron chi connectivity index (χ2n) is 6.29. The Hall–Kier alpha value is -2.45. The summed E-state index contributed by atoms with van der Waals surface area (Å²) in [6.07, 6.45) is 0.577. The summed E-state index contributed by atoms with van der Waals surface area (Å²) in [6.45, 7) is 0.554. The van der Waals surface area contributed by atoms with E-state index in [1.165, 1.54) is 12.1 Å². The molecule has 0 radical (unpaired) electrons. The van der Waals surface area contributed by atoms with Crippen LogP contribution in [0.5, 0.6) is 0 Å². The van der Waals surface area contributed by atoms with Gasteiger partial charge in [0.05, 0.1) is 4.90 Å². The fourth-order valence-corrected chi connectivity index (χ4v) is 3.43. The Labute approximate surface area is 159 Å². The van der Waals surface area contributed by atoms with Crippen molar-refractivity contribution in [2.45, 2.75) is 24.3 Å². The van der Waals surface area contributed by atoms with Crippen LogP contribution in [0.2, 0.25) is 0 Å². The number of anilines is 1. The number of nitrogens with one attached hydrogen (secondary N) is 2. The summed E-state index contributed by atoms with van der Waals surface area (Å²) >= 11 is 0. The van der Waals surface area contributed by atoms with Crippen LogP contribution in [0.15, 0.2) is 53.4 Å². The molecular weight excluding hydrogens is 369 g/mol. The van der Waals surface area contributed by atoms with Crippen LogP contribution in [0, 0.1) is 5.82 Å². The van der Waals surface area contributed by atoms with Crippen molar-refractivity contribution in [2.75, 3.05) is 25.5 Å². The van der Waals surface area contributed by atoms with Gasteiger partial charge in [-0.1, -0.05) is 12.1 Å². The molecule has 0 atom stereocenters. The summed E-state index contributed by atoms with van der Waals surface area (Å²) in [7, 11) is 0.225. The Morgan fingerprint density at radius 2 is 1.67 bits per heavy atom. The van der Waals surface area contributed by atoms with Crippen LogP contribution in [0.4, 0.5) is 10.1 Å². The number of benzene rings is 2. The minimum absolute atomic E-state index is 0.00507. The average Bonchev–Trinajstić information content (AvgIpc) is 2.64. The molecular formula is C19H24FN3O3S. The van der Waals surface area contributed by atoms with E-state index in [0.717, 1.165) is 23.4 Å². The van der Waals surface area contributed by atoms with Crippen molar-refractivity contribution >= 4 is 21.6 Å². The lowest BCUT2D eigenvalue weighted by Crippen LogP contribution is -2.27. The zero-order valence-electron chi connectivity index (χ0n) is 15.4. The molecule has 6 nitrogen and oxygen atoms in total. The summed E-state index contributed by atoms with van der Waals surface area (Å²) in [4.78, 5) is 13.9. The molecule has 2 N–H and O–H groups in total. The summed E-state index contributed by atoms with van der Waals surface area (Å²) in [5, 5.41) is 2.81. The SMILES string of the molecule is CN(C)c1ccc(CNC(=O)CCCNS(=O)(=O)c2ccc(F)cc2)cc1. The molecule has 0 saturated carbocycles. The number of nitrogens with zero attached hydrogens (tertiary/aromatic N) is 1. The third-order valence-electron chi connectivity index (χ3n) is 3.94. The molecule has 8 heteroatoms. The van der Waals surface area contributed by atoms with Crippen molar-refractivity contribution in [3.8, 4) is 0 Å². The quantitative estimate of drug-likeness (QED) is 0.641. The second-order valence-corrected chi connectivity index (χ2v) is 8.06. The van der Waals surface area contributed by atoms with Gasteiger partial charge in [-0.2, -0.15) is 0 Å². The van der Waals surface area contributed by atoms with Crippen molar-refractivity contribution in [1.82, 2.24) is 10.0 Å². The molecule has 0 aliphatic heterocycles. The summed E-state index contributed by atoms with van der Waals surface area (Å²) < 4.78 is 39.3. The molecule has 2 aromatic carbocycles. The van der Waals surface area contributed by atoms with E-state index in [1.807, 2.05) is 43.3 Å². The Bertz CT molecular complexity index is 851. The average molecular weight is 393 g/mol. The lowest BCUT2D eigenvalue weighted by molar-refractivity contribution is -0.121. The maximum Gasteiger partial charge on any atom is 0.240 e. The zero-order valence-corrected chi connectivity index (χ0v) is 16.2. The van der Waals surface area contributed by atoms with Crippen molar-refractivity contribution in [2.24, 2.45) is 0 Å². The first-order valence-corrected chi connectivity index (χ1v) is 10.0. The van der Waals surface area contributed by atoms with Crippen LogP contribution in [-0.2, 0) is 21.4 Å². The van der Waals surface area contributed by atoms with Gasteiger partial charge in [-0.15, -0.1) is 0 Å². The molecule has 0 aliphatic rings. The highest BCUT2D eigenvalue weighted by Gasteiger charge is 2.13. The van der Waals surface area contributed by atoms with Gasteiger partial charge in [-0.3, -0.25) is 4.79 Å². The first kappa shape index (κ1) is 20.9. The van der Waals surface area contributed by atoms with Crippen LogP contribution in [-0.4, -0.2) is 35.0 Å². The Balaban J connectivity index is 1.70. The molecule has 146 valence electrons. The topological polar surface area (TPSA) is 78.5 Å². The first-order chi connectivity index (χ1) is 12.8. The highest BCUT2D eigenvalue weighted by molar-refractivity contribution is 7.89. The maximum atomic E-state index is 12.9. The molecule has 27 heavy (non-hydrogen) atoms. The third-order valence-corrected chi connectivity index (χ3v) is 5.42. The number of carbonyl (C=O) groups is 1. The van der Waals surface area contributed by atoms with Gasteiger partial charge in [-0.05, 0) is 48.4 Å². The number of sulfonamides is 1. The summed E-state index contributed by atoms with van der Waals surface area (Å²) in [5.74, 6) is -0.644. The van der Waals surface area contributed by atoms with Crippen molar-refractivity contribution in [3.05, 3.63) is 59.9 Å². The van der Waals surface area contributed by atoms with Crippen molar-refractivity contribution in [1.29, 1.82) is 0 Å². The minimum Gasteiger partial charge on any atom is -0.378 e. The molecule has 0 fully saturated rings. The predicted octanol–water partition coefficient (Wildman–Crippen LogP) is 2.27. The fraction of sp³-hybridized carbons (Fsp3) is 0.316. The predicted molar refractivity (Wildman–Crippen MR) is 103 cm³/mol. The lowest BCUT2D eigenvalue weighted by atomic mass is 10.2. The first-order valence-electron chi connectivity index (χ1n) is 8.56. The number of hydrogen-bond donors (Lipinski definition) is 2. The van der Waals surface area contributed by atoms with Gasteiger partial charge in [0.25, 0.3) is 0 Å². The van der Waals surface area contributed by atoms with Crippen LogP contribution in [0.1, 0.15) is 18.4 Å². The highest BCUT2D eigenvalue weighted by Crippen LogP contribution is 2.12. The van der Waals surface area contributed by atoms with Gasteiger partial charge in [0.2, 0.25) is 15.9 Å². The van der Waals surface area contributed by atoms with E-state index < -0.39 is 15.8 Å². The van der Waals surface area contributed by atoms with Gasteiger partial charge in [0, 0.05) is 39.3 Å². The fourth-order valence-electron chi connectivity index (χ4n) is 2.35. The van der Waals surface area contributed by atoms with Gasteiger partial charge >= 0.3 is 0 Å². The smallest absolute Gasteiger partial charge is 0.240 e. The van der Waals surface area contributed by atoms with Gasteiger partial charge in [-0.25, -0.2) is 17.5 Å². The molecule has 0 spiro atoms. The Kier molecular flexibility index (Phi) is 7.32. The Morgan fingerprint density at radius 3 is 2.26 bits per heavy atom. The van der Waals surface area contributed by atoms with Gasteiger partial charge in [0.1, 0.15) is 5.82 Å². The van der Waals surface area contributed by atoms with E-state index in [1.54, 1.807) is 0 Å². The number of carbonyl (C=O) groups excluding carboxylic acids is 1. The largest absolute Gasteiger partial charge is 0.378 e. The molecule has 1 amide bonds. The third kappa shape index (κ3) is 6.65. The maximum absolute atomic E-state index is 12.9.